The molecule has 2 fully saturated rings. The summed E-state index contributed by atoms with van der Waals surface area (Å²) in [5.74, 6) is 1.46. The lowest BCUT2D eigenvalue weighted by Gasteiger charge is -2.29. The maximum Gasteiger partial charge on any atom is 0.323 e. The minimum Gasteiger partial charge on any atom is -0.377 e. The van der Waals surface area contributed by atoms with Gasteiger partial charge in [0.05, 0.1) is 11.3 Å². The number of nitrogens with zero attached hydrogens (tertiary/aromatic N) is 6. The van der Waals surface area contributed by atoms with E-state index in [1.54, 1.807) is 13.3 Å². The lowest BCUT2D eigenvalue weighted by atomic mass is 10.0. The van der Waals surface area contributed by atoms with Crippen molar-refractivity contribution in [2.24, 2.45) is 11.8 Å². The first-order valence-corrected chi connectivity index (χ1v) is 11.3. The number of hydrogen-bond acceptors (Lipinski definition) is 8. The van der Waals surface area contributed by atoms with Gasteiger partial charge in [0.15, 0.2) is 5.82 Å². The molecular formula is C21H24N8O2S. The smallest absolute Gasteiger partial charge is 0.323 e. The Morgan fingerprint density at radius 3 is 2.94 bits per heavy atom. The third-order valence-electron chi connectivity index (χ3n) is 6.55. The van der Waals surface area contributed by atoms with Gasteiger partial charge < -0.3 is 19.5 Å². The molecule has 2 aliphatic rings. The molecule has 3 atom stereocenters. The number of anilines is 2. The van der Waals surface area contributed by atoms with E-state index in [1.807, 2.05) is 17.2 Å². The fraction of sp³-hybridized carbons (Fsp3) is 0.476. The molecule has 5 rings (SSSR count). The summed E-state index contributed by atoms with van der Waals surface area (Å²) >= 11 is 1.16. The van der Waals surface area contributed by atoms with Gasteiger partial charge >= 0.3 is 6.03 Å². The molecule has 0 bridgehead atoms. The summed E-state index contributed by atoms with van der Waals surface area (Å²) < 4.78 is 9.19. The van der Waals surface area contributed by atoms with Crippen LogP contribution >= 0.6 is 11.5 Å². The van der Waals surface area contributed by atoms with Gasteiger partial charge in [-0.05, 0) is 30.7 Å². The van der Waals surface area contributed by atoms with Gasteiger partial charge in [0, 0.05) is 62.6 Å². The van der Waals surface area contributed by atoms with Gasteiger partial charge in [-0.25, -0.2) is 14.8 Å². The second-order valence-corrected chi connectivity index (χ2v) is 9.16. The molecular weight excluding hydrogens is 428 g/mol. The van der Waals surface area contributed by atoms with Crippen LogP contribution in [0.5, 0.6) is 0 Å². The summed E-state index contributed by atoms with van der Waals surface area (Å²) in [5, 5.41) is 13.9. The van der Waals surface area contributed by atoms with E-state index in [0.717, 1.165) is 54.2 Å². The number of ether oxygens (including phenoxy) is 1. The number of H-pyrrole nitrogens is 1. The molecule has 3 aromatic heterocycles. The molecule has 11 heteroatoms. The highest BCUT2D eigenvalue weighted by Crippen LogP contribution is 2.42. The number of hydrogen-bond donors (Lipinski definition) is 2. The van der Waals surface area contributed by atoms with E-state index < -0.39 is 0 Å². The van der Waals surface area contributed by atoms with Crippen molar-refractivity contribution in [3.8, 4) is 6.07 Å². The Kier molecular flexibility index (Phi) is 5.40. The van der Waals surface area contributed by atoms with Gasteiger partial charge in [-0.3, -0.25) is 5.32 Å². The second-order valence-electron chi connectivity index (χ2n) is 8.41. The molecule has 1 unspecified atom stereocenters. The Morgan fingerprint density at radius 2 is 2.22 bits per heavy atom. The zero-order valence-electron chi connectivity index (χ0n) is 17.9. The van der Waals surface area contributed by atoms with Crippen molar-refractivity contribution >= 4 is 39.4 Å². The molecule has 3 aromatic rings. The van der Waals surface area contributed by atoms with E-state index in [2.05, 4.69) is 42.7 Å². The number of nitrogens with one attached hydrogen (secondary N) is 2. The first-order chi connectivity index (χ1) is 15.6. The van der Waals surface area contributed by atoms with Gasteiger partial charge in [0.25, 0.3) is 0 Å². The minimum absolute atomic E-state index is 0.126. The van der Waals surface area contributed by atoms with Crippen LogP contribution in [0.1, 0.15) is 24.2 Å². The fourth-order valence-electron chi connectivity index (χ4n) is 5.05. The highest BCUT2D eigenvalue weighted by molar-refractivity contribution is 7.09. The number of urea groups is 1. The number of fused-ring (bicyclic) bond motifs is 2. The Balaban J connectivity index is 1.24. The van der Waals surface area contributed by atoms with E-state index in [1.165, 1.54) is 0 Å². The summed E-state index contributed by atoms with van der Waals surface area (Å²) in [5.41, 5.74) is 2.31. The predicted molar refractivity (Wildman–Crippen MR) is 120 cm³/mol. The van der Waals surface area contributed by atoms with Crippen molar-refractivity contribution in [2.45, 2.75) is 25.5 Å². The molecule has 0 aromatic carbocycles. The van der Waals surface area contributed by atoms with Gasteiger partial charge in [-0.2, -0.15) is 9.64 Å². The first kappa shape index (κ1) is 20.7. The third kappa shape index (κ3) is 3.65. The summed E-state index contributed by atoms with van der Waals surface area (Å²) in [4.78, 5) is 28.6. The van der Waals surface area contributed by atoms with Gasteiger partial charge in [-0.1, -0.05) is 0 Å². The Bertz CT molecular complexity index is 1170. The quantitative estimate of drug-likeness (QED) is 0.610. The average molecular weight is 453 g/mol. The summed E-state index contributed by atoms with van der Waals surface area (Å²) in [6.45, 7) is 1.78. The molecule has 1 aliphatic heterocycles. The molecule has 4 heterocycles. The SMILES string of the molecule is COCc1nsc(NC(=O)N2C[C@H]3CC(N(C)c4c(C#N)cnc5[nH]ccc45)C[C@H]3C2)n1. The normalized spacial score (nSPS) is 22.2. The van der Waals surface area contributed by atoms with Crippen molar-refractivity contribution in [2.75, 3.05) is 37.5 Å². The number of likely N-dealkylation sites (tertiary alicyclic amines) is 1. The van der Waals surface area contributed by atoms with Crippen LogP contribution in [0.15, 0.2) is 18.5 Å². The molecule has 166 valence electrons. The van der Waals surface area contributed by atoms with E-state index >= 15 is 0 Å². The Labute approximate surface area is 189 Å². The molecule has 2 amide bonds. The zero-order chi connectivity index (χ0) is 22.2. The van der Waals surface area contributed by atoms with Crippen LogP contribution in [-0.2, 0) is 11.3 Å². The van der Waals surface area contributed by atoms with Crippen LogP contribution in [0.3, 0.4) is 0 Å². The predicted octanol–water partition coefficient (Wildman–Crippen LogP) is 2.81. The molecule has 1 aliphatic carbocycles. The minimum atomic E-state index is -0.126. The number of methoxy groups -OCH3 is 1. The number of carbonyl (C=O) groups is 1. The van der Waals surface area contributed by atoms with Crippen molar-refractivity contribution in [1.82, 2.24) is 24.2 Å². The lowest BCUT2D eigenvalue weighted by molar-refractivity contribution is 0.179. The number of aromatic amines is 1. The first-order valence-electron chi connectivity index (χ1n) is 10.5. The number of carbonyl (C=O) groups excluding carboxylic acids is 1. The number of amides is 2. The van der Waals surface area contributed by atoms with Gasteiger partial charge in [-0.15, -0.1) is 0 Å². The van der Waals surface area contributed by atoms with Crippen molar-refractivity contribution in [1.29, 1.82) is 5.26 Å². The van der Waals surface area contributed by atoms with E-state index in [4.69, 9.17) is 4.74 Å². The van der Waals surface area contributed by atoms with Crippen molar-refractivity contribution in [3.05, 3.63) is 29.8 Å². The maximum absolute atomic E-state index is 12.7. The maximum atomic E-state index is 12.7. The molecule has 1 saturated carbocycles. The van der Waals surface area contributed by atoms with Crippen molar-refractivity contribution < 1.29 is 9.53 Å². The molecule has 10 nitrogen and oxygen atoms in total. The van der Waals surface area contributed by atoms with Crippen LogP contribution in [0.25, 0.3) is 11.0 Å². The molecule has 32 heavy (non-hydrogen) atoms. The van der Waals surface area contributed by atoms with Crippen LogP contribution in [0.2, 0.25) is 0 Å². The molecule has 0 radical (unpaired) electrons. The van der Waals surface area contributed by atoms with Gasteiger partial charge in [0.2, 0.25) is 5.13 Å². The van der Waals surface area contributed by atoms with Crippen LogP contribution in [0.4, 0.5) is 15.6 Å². The number of rotatable bonds is 5. The monoisotopic (exact) mass is 452 g/mol. The highest BCUT2D eigenvalue weighted by Gasteiger charge is 2.44. The van der Waals surface area contributed by atoms with Crippen LogP contribution in [0, 0.1) is 23.2 Å². The van der Waals surface area contributed by atoms with Crippen LogP contribution < -0.4 is 10.2 Å². The fourth-order valence-corrected chi connectivity index (χ4v) is 5.62. The number of aromatic nitrogens is 4. The summed E-state index contributed by atoms with van der Waals surface area (Å²) in [6.07, 6.45) is 5.46. The average Bonchev–Trinajstić information content (AvgIpc) is 3.55. The molecule has 1 saturated heterocycles. The number of pyridine rings is 1. The Morgan fingerprint density at radius 1 is 1.44 bits per heavy atom. The van der Waals surface area contributed by atoms with Crippen LogP contribution in [-0.4, -0.2) is 63.5 Å². The zero-order valence-corrected chi connectivity index (χ0v) is 18.7. The second kappa shape index (κ2) is 8.37. The van der Waals surface area contributed by atoms with Crippen molar-refractivity contribution in [3.63, 3.8) is 0 Å². The van der Waals surface area contributed by atoms with E-state index in [0.29, 0.717) is 41.0 Å². The summed E-state index contributed by atoms with van der Waals surface area (Å²) in [7, 11) is 3.65. The van der Waals surface area contributed by atoms with E-state index in [9.17, 15) is 10.1 Å². The summed E-state index contributed by atoms with van der Waals surface area (Å²) in [6, 6.07) is 4.46. The lowest BCUT2D eigenvalue weighted by Crippen LogP contribution is -2.36. The Hall–Kier alpha value is -3.23. The molecule has 0 spiro atoms. The topological polar surface area (TPSA) is 123 Å². The standard InChI is InChI=1S/C21H24N8O2S/c1-28(18-14(7-22)8-24-19-16(18)3-4-23-19)15-5-12-9-29(10-13(12)6-15)21(30)26-20-25-17(11-31-2)27-32-20/h3-4,8,12-13,15H,5-6,9-11H2,1-2H3,(H,23,24)(H,25,26,27,30)/t12-,13+,15?. The third-order valence-corrected chi connectivity index (χ3v) is 7.22. The molecule has 2 N–H and O–H groups in total. The van der Waals surface area contributed by atoms with Gasteiger partial charge in [0.1, 0.15) is 18.3 Å². The number of nitriles is 1. The highest BCUT2D eigenvalue weighted by atomic mass is 32.1. The largest absolute Gasteiger partial charge is 0.377 e. The van der Waals surface area contributed by atoms with E-state index in [-0.39, 0.29) is 6.03 Å².